The number of rotatable bonds is 2. The lowest BCUT2D eigenvalue weighted by molar-refractivity contribution is 0.143. The highest BCUT2D eigenvalue weighted by Gasteiger charge is 2.20. The molecule has 0 aliphatic carbocycles. The molecule has 2 rings (SSSR count). The normalized spacial score (nSPS) is 11.1. The van der Waals surface area contributed by atoms with Crippen molar-refractivity contribution in [3.8, 4) is 5.69 Å². The minimum atomic E-state index is -2.64. The van der Waals surface area contributed by atoms with Gasteiger partial charge in [0.25, 0.3) is 6.43 Å². The molecule has 2 N–H and O–H groups in total. The van der Waals surface area contributed by atoms with E-state index in [0.717, 1.165) is 11.1 Å². The summed E-state index contributed by atoms with van der Waals surface area (Å²) in [7, 11) is 0. The van der Waals surface area contributed by atoms with Gasteiger partial charge in [0.2, 0.25) is 0 Å². The number of hydrogen-bond acceptors (Lipinski definition) is 2. The third-order valence-corrected chi connectivity index (χ3v) is 2.62. The molecular weight excluding hydrogens is 224 g/mol. The van der Waals surface area contributed by atoms with Crippen molar-refractivity contribution >= 4 is 5.69 Å². The van der Waals surface area contributed by atoms with Gasteiger partial charge in [-0.05, 0) is 25.5 Å². The van der Waals surface area contributed by atoms with Crippen LogP contribution in [0.5, 0.6) is 0 Å². The zero-order chi connectivity index (χ0) is 12.6. The SMILES string of the molecule is Cc1ccc(-n2ncc(N)c2C(F)F)c(C)c1. The molecular formula is C12H13F2N3. The van der Waals surface area contributed by atoms with Gasteiger partial charge in [0.1, 0.15) is 5.69 Å². The summed E-state index contributed by atoms with van der Waals surface area (Å²) < 4.78 is 27.0. The number of nitrogens with zero attached hydrogens (tertiary/aromatic N) is 2. The Labute approximate surface area is 97.9 Å². The summed E-state index contributed by atoms with van der Waals surface area (Å²) in [5, 5.41) is 3.91. The number of hydrogen-bond donors (Lipinski definition) is 1. The van der Waals surface area contributed by atoms with Gasteiger partial charge in [-0.1, -0.05) is 17.7 Å². The Kier molecular flexibility index (Phi) is 2.83. The Hall–Kier alpha value is -1.91. The Balaban J connectivity index is 2.61. The van der Waals surface area contributed by atoms with Crippen molar-refractivity contribution in [2.45, 2.75) is 20.3 Å². The quantitative estimate of drug-likeness (QED) is 0.872. The third kappa shape index (κ3) is 2.00. The average Bonchev–Trinajstić information content (AvgIpc) is 2.60. The zero-order valence-corrected chi connectivity index (χ0v) is 9.61. The molecule has 0 aliphatic heterocycles. The first kappa shape index (κ1) is 11.6. The number of anilines is 1. The predicted octanol–water partition coefficient (Wildman–Crippen LogP) is 3.01. The fourth-order valence-electron chi connectivity index (χ4n) is 1.82. The first-order chi connectivity index (χ1) is 8.00. The lowest BCUT2D eigenvalue weighted by Crippen LogP contribution is -2.06. The van der Waals surface area contributed by atoms with Crippen molar-refractivity contribution < 1.29 is 8.78 Å². The van der Waals surface area contributed by atoms with E-state index in [4.69, 9.17) is 5.73 Å². The fourth-order valence-corrected chi connectivity index (χ4v) is 1.82. The molecule has 0 saturated heterocycles. The fraction of sp³-hybridized carbons (Fsp3) is 0.250. The average molecular weight is 237 g/mol. The lowest BCUT2D eigenvalue weighted by atomic mass is 10.1. The van der Waals surface area contributed by atoms with Crippen LogP contribution in [0.4, 0.5) is 14.5 Å². The third-order valence-electron chi connectivity index (χ3n) is 2.62. The Morgan fingerprint density at radius 2 is 2.00 bits per heavy atom. The van der Waals surface area contributed by atoms with Crippen LogP contribution in [0.15, 0.2) is 24.4 Å². The van der Waals surface area contributed by atoms with Gasteiger partial charge < -0.3 is 5.73 Å². The van der Waals surface area contributed by atoms with Crippen molar-refractivity contribution in [3.63, 3.8) is 0 Å². The second-order valence-corrected chi connectivity index (χ2v) is 3.99. The number of aromatic nitrogens is 2. The van der Waals surface area contributed by atoms with Crippen LogP contribution >= 0.6 is 0 Å². The van der Waals surface area contributed by atoms with Gasteiger partial charge in [-0.15, -0.1) is 0 Å². The maximum atomic E-state index is 12.9. The van der Waals surface area contributed by atoms with Gasteiger partial charge in [-0.3, -0.25) is 0 Å². The van der Waals surface area contributed by atoms with E-state index in [1.54, 1.807) is 6.07 Å². The van der Waals surface area contributed by atoms with Crippen molar-refractivity contribution in [1.29, 1.82) is 0 Å². The number of nitrogen functional groups attached to an aromatic ring is 1. The molecule has 0 spiro atoms. The maximum Gasteiger partial charge on any atom is 0.282 e. The summed E-state index contributed by atoms with van der Waals surface area (Å²) in [6, 6.07) is 5.54. The lowest BCUT2D eigenvalue weighted by Gasteiger charge is -2.10. The zero-order valence-electron chi connectivity index (χ0n) is 9.61. The van der Waals surface area contributed by atoms with Gasteiger partial charge in [0.05, 0.1) is 17.6 Å². The van der Waals surface area contributed by atoms with E-state index < -0.39 is 6.43 Å². The number of alkyl halides is 2. The molecule has 0 bridgehead atoms. The molecule has 0 atom stereocenters. The van der Waals surface area contributed by atoms with E-state index in [9.17, 15) is 8.78 Å². The summed E-state index contributed by atoms with van der Waals surface area (Å²) in [6.07, 6.45) is -1.39. The summed E-state index contributed by atoms with van der Waals surface area (Å²) in [5.41, 5.74) is 7.84. The van der Waals surface area contributed by atoms with Crippen LogP contribution in [0.1, 0.15) is 23.2 Å². The summed E-state index contributed by atoms with van der Waals surface area (Å²) >= 11 is 0. The standard InChI is InChI=1S/C12H13F2N3/c1-7-3-4-10(8(2)5-7)17-11(12(13)14)9(15)6-16-17/h3-6,12H,15H2,1-2H3. The van der Waals surface area contributed by atoms with Crippen LogP contribution in [0.25, 0.3) is 5.69 Å². The van der Waals surface area contributed by atoms with E-state index in [1.807, 2.05) is 26.0 Å². The van der Waals surface area contributed by atoms with Gasteiger partial charge in [0, 0.05) is 0 Å². The van der Waals surface area contributed by atoms with E-state index in [2.05, 4.69) is 5.10 Å². The Morgan fingerprint density at radius 1 is 1.29 bits per heavy atom. The van der Waals surface area contributed by atoms with Crippen molar-refractivity contribution in [2.24, 2.45) is 0 Å². The first-order valence-electron chi connectivity index (χ1n) is 5.20. The first-order valence-corrected chi connectivity index (χ1v) is 5.20. The molecule has 0 unspecified atom stereocenters. The van der Waals surface area contributed by atoms with Crippen molar-refractivity contribution in [1.82, 2.24) is 9.78 Å². The molecule has 3 nitrogen and oxygen atoms in total. The largest absolute Gasteiger partial charge is 0.396 e. The monoisotopic (exact) mass is 237 g/mol. The van der Waals surface area contributed by atoms with E-state index in [1.165, 1.54) is 10.9 Å². The molecule has 2 aromatic rings. The van der Waals surface area contributed by atoms with E-state index in [0.29, 0.717) is 5.69 Å². The van der Waals surface area contributed by atoms with Gasteiger partial charge >= 0.3 is 0 Å². The Bertz CT molecular complexity index is 547. The van der Waals surface area contributed by atoms with E-state index in [-0.39, 0.29) is 11.4 Å². The second kappa shape index (κ2) is 4.16. The van der Waals surface area contributed by atoms with E-state index >= 15 is 0 Å². The smallest absolute Gasteiger partial charge is 0.282 e. The minimum absolute atomic E-state index is 0.0139. The maximum absolute atomic E-state index is 12.9. The van der Waals surface area contributed by atoms with Crippen LogP contribution < -0.4 is 5.73 Å². The molecule has 1 aromatic heterocycles. The molecule has 1 heterocycles. The molecule has 17 heavy (non-hydrogen) atoms. The summed E-state index contributed by atoms with van der Waals surface area (Å²) in [6.45, 7) is 3.80. The van der Waals surface area contributed by atoms with Crippen LogP contribution in [-0.2, 0) is 0 Å². The van der Waals surface area contributed by atoms with Crippen LogP contribution in [0, 0.1) is 13.8 Å². The molecule has 0 aliphatic rings. The molecule has 90 valence electrons. The van der Waals surface area contributed by atoms with Crippen LogP contribution in [0.2, 0.25) is 0 Å². The number of aryl methyl sites for hydroxylation is 2. The van der Waals surface area contributed by atoms with Crippen LogP contribution in [-0.4, -0.2) is 9.78 Å². The van der Waals surface area contributed by atoms with Gasteiger partial charge in [-0.25, -0.2) is 13.5 Å². The predicted molar refractivity (Wildman–Crippen MR) is 62.4 cm³/mol. The van der Waals surface area contributed by atoms with Crippen LogP contribution in [0.3, 0.4) is 0 Å². The van der Waals surface area contributed by atoms with Gasteiger partial charge in [-0.2, -0.15) is 5.10 Å². The summed E-state index contributed by atoms with van der Waals surface area (Å²) in [5.74, 6) is 0. The highest BCUT2D eigenvalue weighted by Crippen LogP contribution is 2.28. The molecule has 0 radical (unpaired) electrons. The van der Waals surface area contributed by atoms with Gasteiger partial charge in [0.15, 0.2) is 0 Å². The highest BCUT2D eigenvalue weighted by molar-refractivity contribution is 5.50. The second-order valence-electron chi connectivity index (χ2n) is 3.99. The number of halogens is 2. The van der Waals surface area contributed by atoms with Crippen molar-refractivity contribution in [3.05, 3.63) is 41.2 Å². The molecule has 0 saturated carbocycles. The molecule has 5 heteroatoms. The number of benzene rings is 1. The highest BCUT2D eigenvalue weighted by atomic mass is 19.3. The molecule has 1 aromatic carbocycles. The Morgan fingerprint density at radius 3 is 2.59 bits per heavy atom. The minimum Gasteiger partial charge on any atom is -0.396 e. The molecule has 0 amide bonds. The molecule has 0 fully saturated rings. The number of nitrogens with two attached hydrogens (primary N) is 1. The van der Waals surface area contributed by atoms with Crippen molar-refractivity contribution in [2.75, 3.05) is 5.73 Å². The topological polar surface area (TPSA) is 43.8 Å². The summed E-state index contributed by atoms with van der Waals surface area (Å²) in [4.78, 5) is 0.